The van der Waals surface area contributed by atoms with E-state index in [-0.39, 0.29) is 5.82 Å². The maximum atomic E-state index is 13.9. The summed E-state index contributed by atoms with van der Waals surface area (Å²) in [5, 5.41) is 9.82. The average molecular weight is 265 g/mol. The maximum absolute atomic E-state index is 13.9. The first-order valence-corrected chi connectivity index (χ1v) is 7.12. The fourth-order valence-corrected chi connectivity index (χ4v) is 2.88. The zero-order chi connectivity index (χ0) is 14.0. The molecule has 1 aliphatic rings. The molecule has 1 atom stereocenters. The van der Waals surface area contributed by atoms with E-state index < -0.39 is 6.10 Å². The van der Waals surface area contributed by atoms with E-state index >= 15 is 0 Å². The smallest absolute Gasteiger partial charge is 0.131 e. The molecule has 1 aromatic carbocycles. The Labute approximate surface area is 115 Å². The molecule has 0 spiro atoms. The van der Waals surface area contributed by atoms with Crippen molar-refractivity contribution >= 4 is 5.69 Å². The summed E-state index contributed by atoms with van der Waals surface area (Å²) < 4.78 is 13.9. The summed E-state index contributed by atoms with van der Waals surface area (Å²) in [6.07, 6.45) is 2.64. The quantitative estimate of drug-likeness (QED) is 0.876. The Hall–Kier alpha value is -1.09. The summed E-state index contributed by atoms with van der Waals surface area (Å²) in [5.74, 6) is -0.309. The molecule has 0 aromatic heterocycles. The van der Waals surface area contributed by atoms with Crippen LogP contribution in [0.3, 0.4) is 0 Å². The van der Waals surface area contributed by atoms with Crippen molar-refractivity contribution in [3.8, 4) is 0 Å². The number of rotatable bonds is 2. The van der Waals surface area contributed by atoms with Gasteiger partial charge in [0.1, 0.15) is 5.82 Å². The normalized spacial score (nSPS) is 21.0. The minimum Gasteiger partial charge on any atom is -0.389 e. The van der Waals surface area contributed by atoms with E-state index in [1.807, 2.05) is 6.07 Å². The van der Waals surface area contributed by atoms with Crippen molar-refractivity contribution in [3.63, 3.8) is 0 Å². The number of nitrogens with zero attached hydrogens (tertiary/aromatic N) is 1. The van der Waals surface area contributed by atoms with E-state index in [0.717, 1.165) is 31.6 Å². The number of anilines is 1. The molecule has 1 N–H and O–H groups in total. The predicted molar refractivity (Wildman–Crippen MR) is 76.9 cm³/mol. The van der Waals surface area contributed by atoms with Crippen LogP contribution in [-0.2, 0) is 0 Å². The lowest BCUT2D eigenvalue weighted by Crippen LogP contribution is -2.26. The van der Waals surface area contributed by atoms with Gasteiger partial charge in [-0.05, 0) is 43.7 Å². The molecule has 1 fully saturated rings. The molecule has 1 heterocycles. The fraction of sp³-hybridized carbons (Fsp3) is 0.625. The van der Waals surface area contributed by atoms with Crippen LogP contribution in [0.4, 0.5) is 10.1 Å². The monoisotopic (exact) mass is 265 g/mol. The Balaban J connectivity index is 2.29. The van der Waals surface area contributed by atoms with Gasteiger partial charge in [0.05, 0.1) is 6.10 Å². The molecule has 0 saturated carbocycles. The summed E-state index contributed by atoms with van der Waals surface area (Å²) in [4.78, 5) is 2.22. The molecule has 106 valence electrons. The molecule has 0 unspecified atom stereocenters. The molecule has 0 bridgehead atoms. The van der Waals surface area contributed by atoms with Gasteiger partial charge in [-0.25, -0.2) is 4.39 Å². The van der Waals surface area contributed by atoms with Crippen molar-refractivity contribution in [2.75, 3.05) is 18.0 Å². The van der Waals surface area contributed by atoms with Crippen LogP contribution in [0.5, 0.6) is 0 Å². The van der Waals surface area contributed by atoms with E-state index in [1.165, 1.54) is 12.5 Å². The molecule has 19 heavy (non-hydrogen) atoms. The molecular formula is C16H24FNO. The third-order valence-corrected chi connectivity index (χ3v) is 4.13. The van der Waals surface area contributed by atoms with E-state index in [2.05, 4.69) is 18.7 Å². The van der Waals surface area contributed by atoms with Gasteiger partial charge in [0, 0.05) is 24.3 Å². The van der Waals surface area contributed by atoms with Crippen LogP contribution in [0.25, 0.3) is 0 Å². The Morgan fingerprint density at radius 2 is 2.00 bits per heavy atom. The van der Waals surface area contributed by atoms with Crippen LogP contribution >= 0.6 is 0 Å². The lowest BCUT2D eigenvalue weighted by atomic mass is 9.85. The molecule has 0 radical (unpaired) electrons. The van der Waals surface area contributed by atoms with Gasteiger partial charge in [-0.3, -0.25) is 0 Å². The van der Waals surface area contributed by atoms with Crippen LogP contribution in [0.2, 0.25) is 0 Å². The van der Waals surface area contributed by atoms with Crippen molar-refractivity contribution in [2.45, 2.75) is 46.1 Å². The first-order chi connectivity index (χ1) is 8.91. The van der Waals surface area contributed by atoms with E-state index in [4.69, 9.17) is 0 Å². The standard InChI is InChI=1S/C16H24FNO/c1-12(19)15-13(17)6-4-7-14(15)18-10-5-8-16(2,3)9-11-18/h4,6-7,12,19H,5,8-11H2,1-3H3/t12-/m1/s1. The molecule has 2 nitrogen and oxygen atoms in total. The van der Waals surface area contributed by atoms with Crippen molar-refractivity contribution in [3.05, 3.63) is 29.6 Å². The highest BCUT2D eigenvalue weighted by Gasteiger charge is 2.25. The Morgan fingerprint density at radius 3 is 2.68 bits per heavy atom. The molecule has 0 aliphatic carbocycles. The first-order valence-electron chi connectivity index (χ1n) is 7.12. The first kappa shape index (κ1) is 14.3. The van der Waals surface area contributed by atoms with Crippen molar-refractivity contribution in [2.24, 2.45) is 5.41 Å². The molecular weight excluding hydrogens is 241 g/mol. The van der Waals surface area contributed by atoms with Gasteiger partial charge in [-0.2, -0.15) is 0 Å². The van der Waals surface area contributed by atoms with Crippen molar-refractivity contribution < 1.29 is 9.50 Å². The topological polar surface area (TPSA) is 23.5 Å². The minimum absolute atomic E-state index is 0.309. The second-order valence-corrected chi connectivity index (χ2v) is 6.35. The van der Waals surface area contributed by atoms with Crippen molar-refractivity contribution in [1.29, 1.82) is 0 Å². The zero-order valence-electron chi connectivity index (χ0n) is 12.1. The minimum atomic E-state index is -0.771. The molecule has 0 amide bonds. The van der Waals surface area contributed by atoms with Gasteiger partial charge in [0.2, 0.25) is 0 Å². The summed E-state index contributed by atoms with van der Waals surface area (Å²) in [5.41, 5.74) is 1.64. The molecule has 1 aromatic rings. The highest BCUT2D eigenvalue weighted by atomic mass is 19.1. The highest BCUT2D eigenvalue weighted by Crippen LogP contribution is 2.35. The van der Waals surface area contributed by atoms with Crippen LogP contribution < -0.4 is 4.90 Å². The van der Waals surface area contributed by atoms with Crippen LogP contribution in [0.1, 0.15) is 51.7 Å². The molecule has 1 aliphatic heterocycles. The number of aliphatic hydroxyl groups is 1. The lowest BCUT2D eigenvalue weighted by molar-refractivity contribution is 0.194. The molecule has 3 heteroatoms. The Morgan fingerprint density at radius 1 is 1.26 bits per heavy atom. The molecule has 1 saturated heterocycles. The second kappa shape index (κ2) is 5.49. The van der Waals surface area contributed by atoms with Gasteiger partial charge >= 0.3 is 0 Å². The maximum Gasteiger partial charge on any atom is 0.131 e. The number of halogens is 1. The number of benzene rings is 1. The zero-order valence-corrected chi connectivity index (χ0v) is 12.1. The summed E-state index contributed by atoms with van der Waals surface area (Å²) in [6.45, 7) is 8.07. The predicted octanol–water partition coefficient (Wildman–Crippen LogP) is 3.90. The van der Waals surface area contributed by atoms with Gasteiger partial charge in [0.15, 0.2) is 0 Å². The summed E-state index contributed by atoms with van der Waals surface area (Å²) >= 11 is 0. The lowest BCUT2D eigenvalue weighted by Gasteiger charge is -2.27. The number of aliphatic hydroxyl groups excluding tert-OH is 1. The summed E-state index contributed by atoms with van der Waals surface area (Å²) in [6, 6.07) is 5.07. The highest BCUT2D eigenvalue weighted by molar-refractivity contribution is 5.55. The summed E-state index contributed by atoms with van der Waals surface area (Å²) in [7, 11) is 0. The van der Waals surface area contributed by atoms with Crippen molar-refractivity contribution in [1.82, 2.24) is 0 Å². The fourth-order valence-electron chi connectivity index (χ4n) is 2.88. The van der Waals surface area contributed by atoms with Gasteiger partial charge in [-0.1, -0.05) is 19.9 Å². The Bertz CT molecular complexity index is 442. The van der Waals surface area contributed by atoms with Crippen LogP contribution in [0.15, 0.2) is 18.2 Å². The Kier molecular flexibility index (Phi) is 4.14. The van der Waals surface area contributed by atoms with Gasteiger partial charge < -0.3 is 10.0 Å². The number of hydrogen-bond donors (Lipinski definition) is 1. The molecule has 2 rings (SSSR count). The van der Waals surface area contributed by atoms with E-state index in [9.17, 15) is 9.50 Å². The van der Waals surface area contributed by atoms with E-state index in [1.54, 1.807) is 13.0 Å². The van der Waals surface area contributed by atoms with E-state index in [0.29, 0.717) is 11.0 Å². The van der Waals surface area contributed by atoms with Crippen LogP contribution in [-0.4, -0.2) is 18.2 Å². The van der Waals surface area contributed by atoms with Gasteiger partial charge in [-0.15, -0.1) is 0 Å². The third kappa shape index (κ3) is 3.27. The largest absolute Gasteiger partial charge is 0.389 e. The number of hydrogen-bond acceptors (Lipinski definition) is 2. The van der Waals surface area contributed by atoms with Gasteiger partial charge in [0.25, 0.3) is 0 Å². The third-order valence-electron chi connectivity index (χ3n) is 4.13. The SMILES string of the molecule is C[C@@H](O)c1c(F)cccc1N1CCCC(C)(C)CC1. The van der Waals surface area contributed by atoms with Crippen LogP contribution in [0, 0.1) is 11.2 Å². The average Bonchev–Trinajstić information content (AvgIpc) is 2.49. The second-order valence-electron chi connectivity index (χ2n) is 6.35.